The summed E-state index contributed by atoms with van der Waals surface area (Å²) in [4.78, 5) is 29.9. The van der Waals surface area contributed by atoms with Crippen molar-refractivity contribution in [2.45, 2.75) is 72.3 Å². The second kappa shape index (κ2) is 13.5. The molecule has 0 aromatic rings. The molecule has 160 valence electrons. The second-order valence-corrected chi connectivity index (χ2v) is 8.49. The van der Waals surface area contributed by atoms with Crippen LogP contribution in [0.15, 0.2) is 12.2 Å². The van der Waals surface area contributed by atoms with E-state index in [-0.39, 0.29) is 6.61 Å². The average molecular weight is 408 g/mol. The number of rotatable bonds is 16. The zero-order chi connectivity index (χ0) is 20.9. The Labute approximate surface area is 164 Å². The Morgan fingerprint density at radius 2 is 1.56 bits per heavy atom. The van der Waals surface area contributed by atoms with Crippen molar-refractivity contribution < 1.29 is 32.9 Å². The number of nitrogens with zero attached hydrogens (tertiary/aromatic N) is 1. The predicted molar refractivity (Wildman–Crippen MR) is 107 cm³/mol. The lowest BCUT2D eigenvalue weighted by Gasteiger charge is -2.39. The summed E-state index contributed by atoms with van der Waals surface area (Å²) < 4.78 is 22.4. The minimum Gasteiger partial charge on any atom is -0.462 e. The van der Waals surface area contributed by atoms with Gasteiger partial charge in [-0.3, -0.25) is 4.52 Å². The van der Waals surface area contributed by atoms with Crippen molar-refractivity contribution >= 4 is 13.8 Å². The summed E-state index contributed by atoms with van der Waals surface area (Å²) in [5, 5.41) is 0. The van der Waals surface area contributed by atoms with Gasteiger partial charge in [-0.05, 0) is 39.0 Å². The third-order valence-corrected chi connectivity index (χ3v) is 5.13. The van der Waals surface area contributed by atoms with E-state index < -0.39 is 19.9 Å². The molecule has 0 aromatic heterocycles. The molecule has 0 aliphatic rings. The third-order valence-electron chi connectivity index (χ3n) is 4.56. The molecule has 0 aliphatic heterocycles. The molecule has 0 spiro atoms. The molecule has 0 aliphatic carbocycles. The van der Waals surface area contributed by atoms with E-state index in [1.165, 1.54) is 0 Å². The Morgan fingerprint density at radius 1 is 1.04 bits per heavy atom. The number of hydrogen-bond acceptors (Lipinski definition) is 4. The van der Waals surface area contributed by atoms with E-state index >= 15 is 0 Å². The van der Waals surface area contributed by atoms with Gasteiger partial charge in [0.25, 0.3) is 0 Å². The molecule has 2 N–H and O–H groups in total. The van der Waals surface area contributed by atoms with Gasteiger partial charge in [-0.15, -0.1) is 0 Å². The molecule has 0 saturated heterocycles. The Hall–Kier alpha value is -0.720. The number of ether oxygens (including phenoxy) is 1. The first-order valence-corrected chi connectivity index (χ1v) is 11.5. The minimum atomic E-state index is -4.56. The van der Waals surface area contributed by atoms with Gasteiger partial charge in [-0.2, -0.15) is 0 Å². The highest BCUT2D eigenvalue weighted by Gasteiger charge is 2.29. The molecule has 0 radical (unpaired) electrons. The number of phosphoric ester groups is 1. The van der Waals surface area contributed by atoms with Crippen LogP contribution in [0.5, 0.6) is 0 Å². The van der Waals surface area contributed by atoms with Gasteiger partial charge < -0.3 is 19.0 Å². The van der Waals surface area contributed by atoms with E-state index in [4.69, 9.17) is 9.26 Å². The van der Waals surface area contributed by atoms with Gasteiger partial charge in [0.1, 0.15) is 0 Å². The van der Waals surface area contributed by atoms with Gasteiger partial charge in [-0.1, -0.05) is 27.4 Å². The summed E-state index contributed by atoms with van der Waals surface area (Å²) in [5.74, 6) is -0.452. The van der Waals surface area contributed by atoms with Crippen LogP contribution in [0.4, 0.5) is 0 Å². The first-order chi connectivity index (χ1) is 12.6. The molecule has 8 heteroatoms. The number of quaternary nitrogens is 1. The monoisotopic (exact) mass is 408 g/mol. The number of phosphoric acid groups is 1. The average Bonchev–Trinajstić information content (AvgIpc) is 2.55. The standard InChI is InChI=1S/C19H38NO6P/c1-6-12-20(13-7-2,14-8-3)15-11-18(26-27(22,23)24)10-9-16-25-19(21)17(4)5/h18H,4,6-16H2,1-3,5H3,(H-,22,23,24)/p+1. The maximum Gasteiger partial charge on any atom is 0.469 e. The topological polar surface area (TPSA) is 93.1 Å². The van der Waals surface area contributed by atoms with Gasteiger partial charge in [0.15, 0.2) is 0 Å². The molecule has 0 bridgehead atoms. The molecule has 0 heterocycles. The van der Waals surface area contributed by atoms with Crippen molar-refractivity contribution in [2.24, 2.45) is 0 Å². The number of hydrogen-bond donors (Lipinski definition) is 2. The summed E-state index contributed by atoms with van der Waals surface area (Å²) in [6.07, 6.45) is 4.14. The van der Waals surface area contributed by atoms with E-state index in [0.717, 1.165) is 49.9 Å². The number of esters is 1. The molecule has 0 saturated carbocycles. The molecule has 1 atom stereocenters. The molecule has 0 aromatic carbocycles. The number of carbonyl (C=O) groups excluding carboxylic acids is 1. The molecule has 0 amide bonds. The zero-order valence-corrected chi connectivity index (χ0v) is 18.4. The maximum absolute atomic E-state index is 11.4. The molecule has 27 heavy (non-hydrogen) atoms. The lowest BCUT2D eigenvalue weighted by atomic mass is 10.1. The minimum absolute atomic E-state index is 0.186. The molecular weight excluding hydrogens is 369 g/mol. The van der Waals surface area contributed by atoms with Crippen LogP contribution in [0.25, 0.3) is 0 Å². The largest absolute Gasteiger partial charge is 0.469 e. The van der Waals surface area contributed by atoms with Gasteiger partial charge >= 0.3 is 13.8 Å². The van der Waals surface area contributed by atoms with Crippen molar-refractivity contribution in [2.75, 3.05) is 32.8 Å². The first kappa shape index (κ1) is 26.3. The summed E-state index contributed by atoms with van der Waals surface area (Å²) >= 11 is 0. The lowest BCUT2D eigenvalue weighted by molar-refractivity contribution is -0.928. The molecule has 0 fully saturated rings. The molecule has 0 rings (SSSR count). The first-order valence-electron chi connectivity index (χ1n) is 10.0. The van der Waals surface area contributed by atoms with E-state index in [2.05, 4.69) is 27.4 Å². The van der Waals surface area contributed by atoms with Crippen LogP contribution in [0, 0.1) is 0 Å². The zero-order valence-electron chi connectivity index (χ0n) is 17.5. The highest BCUT2D eigenvalue weighted by atomic mass is 31.2. The van der Waals surface area contributed by atoms with Crippen molar-refractivity contribution in [1.29, 1.82) is 0 Å². The Bertz CT molecular complexity index is 474. The van der Waals surface area contributed by atoms with Crippen LogP contribution in [-0.2, 0) is 18.6 Å². The highest BCUT2D eigenvalue weighted by Crippen LogP contribution is 2.39. The van der Waals surface area contributed by atoms with E-state index in [9.17, 15) is 19.1 Å². The quantitative estimate of drug-likeness (QED) is 0.133. The van der Waals surface area contributed by atoms with Crippen molar-refractivity contribution in [1.82, 2.24) is 0 Å². The van der Waals surface area contributed by atoms with Gasteiger partial charge in [-0.25, -0.2) is 9.36 Å². The third kappa shape index (κ3) is 12.4. The molecule has 1 unspecified atom stereocenters. The van der Waals surface area contributed by atoms with E-state index in [1.54, 1.807) is 6.92 Å². The Morgan fingerprint density at radius 3 is 1.96 bits per heavy atom. The summed E-state index contributed by atoms with van der Waals surface area (Å²) in [5.41, 5.74) is 0.332. The summed E-state index contributed by atoms with van der Waals surface area (Å²) in [6.45, 7) is 15.8. The van der Waals surface area contributed by atoms with E-state index in [1.807, 2.05) is 0 Å². The molecular formula is C19H39NO6P+. The fourth-order valence-electron chi connectivity index (χ4n) is 3.55. The summed E-state index contributed by atoms with van der Waals surface area (Å²) in [6, 6.07) is 0. The predicted octanol–water partition coefficient (Wildman–Crippen LogP) is 3.80. The van der Waals surface area contributed by atoms with Crippen molar-refractivity contribution in [3.8, 4) is 0 Å². The van der Waals surface area contributed by atoms with Crippen LogP contribution in [0.3, 0.4) is 0 Å². The molecule has 7 nitrogen and oxygen atoms in total. The van der Waals surface area contributed by atoms with Crippen LogP contribution < -0.4 is 0 Å². The Kier molecular flexibility index (Phi) is 13.1. The van der Waals surface area contributed by atoms with Crippen LogP contribution in [0.1, 0.15) is 66.2 Å². The smallest absolute Gasteiger partial charge is 0.462 e. The fraction of sp³-hybridized carbons (Fsp3) is 0.842. The summed E-state index contributed by atoms with van der Waals surface area (Å²) in [7, 11) is -4.56. The highest BCUT2D eigenvalue weighted by molar-refractivity contribution is 7.46. The van der Waals surface area contributed by atoms with Gasteiger partial charge in [0.2, 0.25) is 0 Å². The lowest BCUT2D eigenvalue weighted by Crippen LogP contribution is -2.51. The number of carbonyl (C=O) groups is 1. The Balaban J connectivity index is 4.84. The van der Waals surface area contributed by atoms with Gasteiger partial charge in [0, 0.05) is 12.0 Å². The maximum atomic E-state index is 11.4. The van der Waals surface area contributed by atoms with Crippen LogP contribution in [-0.4, -0.2) is 59.1 Å². The van der Waals surface area contributed by atoms with Crippen LogP contribution in [0.2, 0.25) is 0 Å². The van der Waals surface area contributed by atoms with E-state index in [0.29, 0.717) is 24.8 Å². The van der Waals surface area contributed by atoms with Crippen molar-refractivity contribution in [3.63, 3.8) is 0 Å². The fourth-order valence-corrected chi connectivity index (χ4v) is 4.15. The normalized spacial score (nSPS) is 13.4. The second-order valence-electron chi connectivity index (χ2n) is 7.30. The van der Waals surface area contributed by atoms with Gasteiger partial charge in [0.05, 0.1) is 38.9 Å². The van der Waals surface area contributed by atoms with Crippen LogP contribution >= 0.6 is 7.82 Å². The SMILES string of the molecule is C=C(C)C(=O)OCCCC(CC[N+](CCC)(CCC)CCC)OP(=O)(O)O. The van der Waals surface area contributed by atoms with Crippen molar-refractivity contribution in [3.05, 3.63) is 12.2 Å².